The van der Waals surface area contributed by atoms with Gasteiger partial charge in [-0.2, -0.15) is 0 Å². The number of rotatable bonds is 2. The first-order chi connectivity index (χ1) is 9.40. The van der Waals surface area contributed by atoms with Gasteiger partial charge in [-0.1, -0.05) is 18.2 Å². The van der Waals surface area contributed by atoms with Crippen LogP contribution in [0.4, 0.5) is 0 Å². The van der Waals surface area contributed by atoms with Gasteiger partial charge in [-0.05, 0) is 24.3 Å². The molecule has 1 aromatic carbocycles. The van der Waals surface area contributed by atoms with Crippen molar-refractivity contribution in [3.8, 4) is 16.9 Å². The normalized spacial score (nSPS) is 10.3. The van der Waals surface area contributed by atoms with Crippen LogP contribution in [0.5, 0.6) is 0 Å². The van der Waals surface area contributed by atoms with Crippen LogP contribution in [0, 0.1) is 4.77 Å². The van der Waals surface area contributed by atoms with Gasteiger partial charge in [0.1, 0.15) is 11.3 Å². The number of hydrogen-bond donors (Lipinski definition) is 1. The van der Waals surface area contributed by atoms with Crippen LogP contribution in [-0.4, -0.2) is 18.7 Å². The lowest BCUT2D eigenvalue weighted by Crippen LogP contribution is -1.97. The molecule has 0 aliphatic carbocycles. The van der Waals surface area contributed by atoms with Crippen LogP contribution < -0.4 is 0 Å². The number of nitrogens with one attached hydrogen (secondary N) is 1. The van der Waals surface area contributed by atoms with Crippen LogP contribution in [0.3, 0.4) is 0 Å². The molecule has 0 aliphatic heterocycles. The van der Waals surface area contributed by atoms with Crippen molar-refractivity contribution in [2.75, 3.05) is 0 Å². The molecule has 0 radical (unpaired) electrons. The summed E-state index contributed by atoms with van der Waals surface area (Å²) in [4.78, 5) is 7.03. The van der Waals surface area contributed by atoms with Crippen molar-refractivity contribution in [2.24, 2.45) is 0 Å². The third kappa shape index (κ3) is 2.15. The quantitative estimate of drug-likeness (QED) is 0.727. The fourth-order valence-electron chi connectivity index (χ4n) is 2.00. The lowest BCUT2D eigenvalue weighted by atomic mass is 10.2. The molecule has 0 spiro atoms. The predicted molar refractivity (Wildman–Crippen MR) is 74.7 cm³/mol. The molecule has 94 valence electrons. The topological polar surface area (TPSA) is 50.7 Å². The van der Waals surface area contributed by atoms with Gasteiger partial charge in [0, 0.05) is 29.8 Å². The number of imidazole rings is 1. The number of para-hydroxylation sites is 1. The fraction of sp³-hybridized carbons (Fsp3) is 0. The van der Waals surface area contributed by atoms with E-state index in [1.807, 2.05) is 53.2 Å². The summed E-state index contributed by atoms with van der Waals surface area (Å²) in [7, 11) is 0. The van der Waals surface area contributed by atoms with Gasteiger partial charge in [0.2, 0.25) is 4.77 Å². The van der Waals surface area contributed by atoms with E-state index in [1.165, 1.54) is 0 Å². The fourth-order valence-corrected chi connectivity index (χ4v) is 2.38. The summed E-state index contributed by atoms with van der Waals surface area (Å²) in [5.41, 5.74) is 2.90. The van der Waals surface area contributed by atoms with E-state index in [0.717, 1.165) is 16.9 Å². The minimum atomic E-state index is 0.448. The van der Waals surface area contributed by atoms with Gasteiger partial charge >= 0.3 is 0 Å². The van der Waals surface area contributed by atoms with Gasteiger partial charge in [0.15, 0.2) is 0 Å². The molecular formula is C14H11N3OS. The van der Waals surface area contributed by atoms with E-state index in [4.69, 9.17) is 0 Å². The second kappa shape index (κ2) is 5.07. The summed E-state index contributed by atoms with van der Waals surface area (Å²) >= 11 is 0.448. The Morgan fingerprint density at radius 2 is 1.79 bits per heavy atom. The summed E-state index contributed by atoms with van der Waals surface area (Å²) in [5, 5.41) is 0. The van der Waals surface area contributed by atoms with Gasteiger partial charge in [-0.3, -0.25) is 9.55 Å². The summed E-state index contributed by atoms with van der Waals surface area (Å²) in [6, 6.07) is 13.6. The van der Waals surface area contributed by atoms with Crippen LogP contribution in [0.2, 0.25) is 0 Å². The van der Waals surface area contributed by atoms with Crippen molar-refractivity contribution in [3.05, 3.63) is 65.8 Å². The van der Waals surface area contributed by atoms with Crippen molar-refractivity contribution in [1.82, 2.24) is 14.5 Å². The van der Waals surface area contributed by atoms with Crippen LogP contribution in [-0.2, 0) is 11.3 Å². The molecule has 0 atom stereocenters. The highest BCUT2D eigenvalue weighted by Crippen LogP contribution is 2.22. The molecule has 0 aliphatic rings. The lowest BCUT2D eigenvalue weighted by molar-refractivity contribution is 0.698. The van der Waals surface area contributed by atoms with E-state index in [2.05, 4.69) is 9.97 Å². The van der Waals surface area contributed by atoms with E-state index in [0.29, 0.717) is 16.0 Å². The van der Waals surface area contributed by atoms with Crippen LogP contribution in [0.1, 0.15) is 0 Å². The summed E-state index contributed by atoms with van der Waals surface area (Å²) < 4.78 is 13.7. The molecular weight excluding hydrogens is 258 g/mol. The smallest absolute Gasteiger partial charge is 0.212 e. The summed E-state index contributed by atoms with van der Waals surface area (Å²) in [5.74, 6) is 0. The number of nitrogens with zero attached hydrogens (tertiary/aromatic N) is 2. The summed E-state index contributed by atoms with van der Waals surface area (Å²) in [6.45, 7) is 0. The van der Waals surface area contributed by atoms with E-state index in [1.54, 1.807) is 12.4 Å². The monoisotopic (exact) mass is 269 g/mol. The first-order valence-corrected chi connectivity index (χ1v) is 6.53. The van der Waals surface area contributed by atoms with E-state index in [-0.39, 0.29) is 0 Å². The molecule has 3 aromatic rings. The number of benzene rings is 1. The maximum atomic E-state index is 11.2. The molecule has 4 nitrogen and oxygen atoms in total. The molecule has 0 saturated carbocycles. The number of pyridine rings is 1. The summed E-state index contributed by atoms with van der Waals surface area (Å²) in [6.07, 6.45) is 5.31. The Morgan fingerprint density at radius 1 is 1.05 bits per heavy atom. The van der Waals surface area contributed by atoms with Crippen molar-refractivity contribution in [2.45, 2.75) is 0 Å². The Hall–Kier alpha value is -2.40. The second-order valence-corrected chi connectivity index (χ2v) is 4.52. The van der Waals surface area contributed by atoms with E-state index < -0.39 is 0 Å². The molecule has 1 N–H and O–H groups in total. The van der Waals surface area contributed by atoms with E-state index >= 15 is 0 Å². The van der Waals surface area contributed by atoms with E-state index in [9.17, 15) is 4.21 Å². The highest BCUT2D eigenvalue weighted by Gasteiger charge is 2.08. The zero-order valence-corrected chi connectivity index (χ0v) is 10.8. The largest absolute Gasteiger partial charge is 0.335 e. The molecule has 0 saturated heterocycles. The average molecular weight is 269 g/mol. The highest BCUT2D eigenvalue weighted by atomic mass is 32.1. The molecule has 2 heterocycles. The third-order valence-electron chi connectivity index (χ3n) is 2.85. The minimum absolute atomic E-state index is 0.448. The minimum Gasteiger partial charge on any atom is -0.335 e. The van der Waals surface area contributed by atoms with Crippen LogP contribution in [0.25, 0.3) is 16.9 Å². The molecule has 2 aromatic heterocycles. The van der Waals surface area contributed by atoms with Gasteiger partial charge in [-0.25, -0.2) is 4.21 Å². The Kier molecular flexibility index (Phi) is 3.12. The third-order valence-corrected chi connectivity index (χ3v) is 3.30. The Labute approximate surface area is 113 Å². The van der Waals surface area contributed by atoms with Crippen LogP contribution >= 0.6 is 0 Å². The lowest BCUT2D eigenvalue weighted by Gasteiger charge is -2.07. The van der Waals surface area contributed by atoms with Gasteiger partial charge in [0.05, 0.1) is 5.69 Å². The molecule has 0 amide bonds. The molecule has 5 heteroatoms. The molecule has 0 fully saturated rings. The maximum absolute atomic E-state index is 11.2. The zero-order valence-electron chi connectivity index (χ0n) is 9.98. The molecule has 0 bridgehead atoms. The number of hydrogen-bond acceptors (Lipinski definition) is 2. The van der Waals surface area contributed by atoms with Crippen molar-refractivity contribution in [3.63, 3.8) is 0 Å². The second-order valence-electron chi connectivity index (χ2n) is 3.97. The molecule has 19 heavy (non-hydrogen) atoms. The molecule has 3 rings (SSSR count). The maximum Gasteiger partial charge on any atom is 0.212 e. The predicted octanol–water partition coefficient (Wildman–Crippen LogP) is 2.61. The van der Waals surface area contributed by atoms with Crippen molar-refractivity contribution < 1.29 is 4.21 Å². The number of aromatic amines is 1. The standard InChI is InChI=1S/C14H11N3OS/c18-19-14-16-10-13(11-6-8-15-9-7-11)17(14)12-4-2-1-3-5-12/h1-10,16H. The van der Waals surface area contributed by atoms with Gasteiger partial charge in [0.25, 0.3) is 0 Å². The number of H-pyrrole nitrogens is 1. The van der Waals surface area contributed by atoms with Gasteiger partial charge in [-0.15, -0.1) is 0 Å². The Balaban J connectivity index is 2.30. The van der Waals surface area contributed by atoms with Crippen molar-refractivity contribution in [1.29, 1.82) is 0 Å². The van der Waals surface area contributed by atoms with Gasteiger partial charge < -0.3 is 4.98 Å². The SMILES string of the molecule is O=S=c1[nH]cc(-c2ccncc2)n1-c1ccccc1. The molecule has 0 unspecified atom stereocenters. The Morgan fingerprint density at radius 3 is 2.47 bits per heavy atom. The van der Waals surface area contributed by atoms with Crippen molar-refractivity contribution >= 4 is 11.3 Å². The highest BCUT2D eigenvalue weighted by molar-refractivity contribution is 7.56. The first-order valence-electron chi connectivity index (χ1n) is 5.79. The van der Waals surface area contributed by atoms with Crippen LogP contribution in [0.15, 0.2) is 61.1 Å². The number of aromatic nitrogens is 3. The average Bonchev–Trinajstić information content (AvgIpc) is 2.93. The Bertz CT molecular complexity index is 771. The zero-order chi connectivity index (χ0) is 13.1. The first kappa shape index (κ1) is 11.7.